The third-order valence-corrected chi connectivity index (χ3v) is 4.68. The van der Waals surface area contributed by atoms with Crippen molar-refractivity contribution in [1.82, 2.24) is 10.2 Å². The van der Waals surface area contributed by atoms with E-state index < -0.39 is 6.10 Å². The summed E-state index contributed by atoms with van der Waals surface area (Å²) in [4.78, 5) is 12.2. The highest BCUT2D eigenvalue weighted by atomic mass is 32.1. The lowest BCUT2D eigenvalue weighted by molar-refractivity contribution is -0.122. The lowest BCUT2D eigenvalue weighted by Crippen LogP contribution is -2.30. The fourth-order valence-electron chi connectivity index (χ4n) is 2.24. The van der Waals surface area contributed by atoms with Crippen molar-refractivity contribution in [3.05, 3.63) is 34.8 Å². The van der Waals surface area contributed by atoms with E-state index in [1.165, 1.54) is 11.3 Å². The van der Waals surface area contributed by atoms with Crippen molar-refractivity contribution in [2.24, 2.45) is 0 Å². The molecule has 1 amide bonds. The quantitative estimate of drug-likeness (QED) is 0.826. The SMILES string of the molecule is CCC(CC)c1nnc(NC(=O)C(C)Oc2cccc(C)c2)s1. The van der Waals surface area contributed by atoms with Gasteiger partial charge in [-0.05, 0) is 44.4 Å². The van der Waals surface area contributed by atoms with Gasteiger partial charge in [-0.15, -0.1) is 10.2 Å². The molecule has 1 aromatic carbocycles. The Bertz CT molecular complexity index is 653. The van der Waals surface area contributed by atoms with Crippen LogP contribution in [0.5, 0.6) is 5.75 Å². The molecule has 5 nitrogen and oxygen atoms in total. The van der Waals surface area contributed by atoms with E-state index >= 15 is 0 Å². The number of benzene rings is 1. The second kappa shape index (κ2) is 8.06. The highest BCUT2D eigenvalue weighted by Gasteiger charge is 2.18. The van der Waals surface area contributed by atoms with E-state index in [2.05, 4.69) is 29.4 Å². The number of rotatable bonds is 7. The maximum Gasteiger partial charge on any atom is 0.266 e. The van der Waals surface area contributed by atoms with E-state index in [4.69, 9.17) is 4.74 Å². The van der Waals surface area contributed by atoms with Gasteiger partial charge in [-0.2, -0.15) is 0 Å². The summed E-state index contributed by atoms with van der Waals surface area (Å²) in [7, 11) is 0. The molecular formula is C17H23N3O2S. The number of carbonyl (C=O) groups excluding carboxylic acids is 1. The molecule has 1 N–H and O–H groups in total. The second-order valence-corrected chi connectivity index (χ2v) is 6.53. The molecule has 1 aromatic heterocycles. The molecule has 124 valence electrons. The molecule has 0 bridgehead atoms. The van der Waals surface area contributed by atoms with Crippen molar-refractivity contribution in [2.45, 2.75) is 52.6 Å². The van der Waals surface area contributed by atoms with E-state index in [1.807, 2.05) is 31.2 Å². The number of carbonyl (C=O) groups is 1. The molecule has 1 unspecified atom stereocenters. The molecule has 6 heteroatoms. The average molecular weight is 333 g/mol. The van der Waals surface area contributed by atoms with Crippen LogP contribution in [0.4, 0.5) is 5.13 Å². The van der Waals surface area contributed by atoms with Crippen LogP contribution in [0, 0.1) is 6.92 Å². The molecule has 1 atom stereocenters. The van der Waals surface area contributed by atoms with E-state index in [1.54, 1.807) is 6.92 Å². The lowest BCUT2D eigenvalue weighted by atomic mass is 10.1. The van der Waals surface area contributed by atoms with Crippen LogP contribution >= 0.6 is 11.3 Å². The predicted octanol–water partition coefficient (Wildman–Crippen LogP) is 4.16. The Morgan fingerprint density at radius 1 is 1.30 bits per heavy atom. The van der Waals surface area contributed by atoms with Crippen LogP contribution in [0.15, 0.2) is 24.3 Å². The van der Waals surface area contributed by atoms with Crippen molar-refractivity contribution in [1.29, 1.82) is 0 Å². The van der Waals surface area contributed by atoms with Gasteiger partial charge in [-0.1, -0.05) is 37.3 Å². The molecule has 2 rings (SSSR count). The van der Waals surface area contributed by atoms with Gasteiger partial charge in [-0.25, -0.2) is 0 Å². The molecule has 0 fully saturated rings. The summed E-state index contributed by atoms with van der Waals surface area (Å²) in [6.45, 7) is 7.97. The molecular weight excluding hydrogens is 310 g/mol. The zero-order valence-electron chi connectivity index (χ0n) is 14.0. The molecule has 0 saturated carbocycles. The van der Waals surface area contributed by atoms with Crippen LogP contribution < -0.4 is 10.1 Å². The maximum atomic E-state index is 12.2. The van der Waals surface area contributed by atoms with Gasteiger partial charge < -0.3 is 4.74 Å². The molecule has 0 spiro atoms. The Labute approximate surface area is 141 Å². The highest BCUT2D eigenvalue weighted by Crippen LogP contribution is 2.28. The number of anilines is 1. The number of hydrogen-bond donors (Lipinski definition) is 1. The van der Waals surface area contributed by atoms with Gasteiger partial charge >= 0.3 is 0 Å². The molecule has 0 radical (unpaired) electrons. The monoisotopic (exact) mass is 333 g/mol. The summed E-state index contributed by atoms with van der Waals surface area (Å²) in [5.74, 6) is 0.862. The van der Waals surface area contributed by atoms with Gasteiger partial charge in [0.25, 0.3) is 5.91 Å². The normalized spacial score (nSPS) is 12.2. The number of nitrogens with one attached hydrogen (secondary N) is 1. The predicted molar refractivity (Wildman–Crippen MR) is 93.1 cm³/mol. The fourth-order valence-corrected chi connectivity index (χ4v) is 3.25. The minimum Gasteiger partial charge on any atom is -0.481 e. The van der Waals surface area contributed by atoms with Crippen LogP contribution in [-0.4, -0.2) is 22.2 Å². The Morgan fingerprint density at radius 2 is 2.04 bits per heavy atom. The summed E-state index contributed by atoms with van der Waals surface area (Å²) in [6, 6.07) is 7.63. The smallest absolute Gasteiger partial charge is 0.266 e. The van der Waals surface area contributed by atoms with Crippen LogP contribution in [0.1, 0.15) is 50.1 Å². The zero-order chi connectivity index (χ0) is 16.8. The number of nitrogens with zero attached hydrogens (tertiary/aromatic N) is 2. The molecule has 1 heterocycles. The van der Waals surface area contributed by atoms with Crippen LogP contribution in [-0.2, 0) is 4.79 Å². The maximum absolute atomic E-state index is 12.2. The highest BCUT2D eigenvalue weighted by molar-refractivity contribution is 7.15. The van der Waals surface area contributed by atoms with E-state index in [9.17, 15) is 4.79 Å². The van der Waals surface area contributed by atoms with Crippen molar-refractivity contribution in [3.63, 3.8) is 0 Å². The molecule has 0 aliphatic rings. The number of aromatic nitrogens is 2. The summed E-state index contributed by atoms with van der Waals surface area (Å²) >= 11 is 1.43. The summed E-state index contributed by atoms with van der Waals surface area (Å²) in [5.41, 5.74) is 1.09. The van der Waals surface area contributed by atoms with E-state index in [-0.39, 0.29) is 5.91 Å². The first kappa shape index (κ1) is 17.4. The van der Waals surface area contributed by atoms with Crippen molar-refractivity contribution in [3.8, 4) is 5.75 Å². The summed E-state index contributed by atoms with van der Waals surface area (Å²) < 4.78 is 5.67. The largest absolute Gasteiger partial charge is 0.481 e. The summed E-state index contributed by atoms with van der Waals surface area (Å²) in [5, 5.41) is 12.5. The fraction of sp³-hybridized carbons (Fsp3) is 0.471. The summed E-state index contributed by atoms with van der Waals surface area (Å²) in [6.07, 6.45) is 1.44. The Balaban J connectivity index is 1.96. The first-order valence-electron chi connectivity index (χ1n) is 7.91. The molecule has 23 heavy (non-hydrogen) atoms. The van der Waals surface area contributed by atoms with Crippen LogP contribution in [0.3, 0.4) is 0 Å². The van der Waals surface area contributed by atoms with Gasteiger partial charge in [-0.3, -0.25) is 10.1 Å². The minimum absolute atomic E-state index is 0.223. The second-order valence-electron chi connectivity index (χ2n) is 5.52. The van der Waals surface area contributed by atoms with Gasteiger partial charge in [0.05, 0.1) is 0 Å². The zero-order valence-corrected chi connectivity index (χ0v) is 14.8. The van der Waals surface area contributed by atoms with E-state index in [0.717, 1.165) is 23.4 Å². The number of amides is 1. The van der Waals surface area contributed by atoms with Gasteiger partial charge in [0.15, 0.2) is 6.10 Å². The molecule has 2 aromatic rings. The third-order valence-electron chi connectivity index (χ3n) is 3.68. The first-order chi connectivity index (χ1) is 11.0. The van der Waals surface area contributed by atoms with Gasteiger partial charge in [0.1, 0.15) is 10.8 Å². The standard InChI is InChI=1S/C17H23N3O2S/c1-5-13(6-2)16-19-20-17(23-16)18-15(21)12(4)22-14-9-7-8-11(3)10-14/h7-10,12-13H,5-6H2,1-4H3,(H,18,20,21). The van der Waals surface area contributed by atoms with Gasteiger partial charge in [0.2, 0.25) is 5.13 Å². The van der Waals surface area contributed by atoms with Crippen LogP contribution in [0.2, 0.25) is 0 Å². The van der Waals surface area contributed by atoms with Crippen molar-refractivity contribution < 1.29 is 9.53 Å². The number of aryl methyl sites for hydroxylation is 1. The third kappa shape index (κ3) is 4.76. The van der Waals surface area contributed by atoms with Crippen molar-refractivity contribution in [2.75, 3.05) is 5.32 Å². The minimum atomic E-state index is -0.600. The topological polar surface area (TPSA) is 64.1 Å². The van der Waals surface area contributed by atoms with Crippen LogP contribution in [0.25, 0.3) is 0 Å². The molecule has 0 aliphatic heterocycles. The Kier molecular flexibility index (Phi) is 6.10. The molecule has 0 saturated heterocycles. The molecule has 0 aliphatic carbocycles. The lowest BCUT2D eigenvalue weighted by Gasteiger charge is -2.13. The Hall–Kier alpha value is -1.95. The Morgan fingerprint density at radius 3 is 2.70 bits per heavy atom. The van der Waals surface area contributed by atoms with Gasteiger partial charge in [0, 0.05) is 5.92 Å². The van der Waals surface area contributed by atoms with Crippen molar-refractivity contribution >= 4 is 22.4 Å². The first-order valence-corrected chi connectivity index (χ1v) is 8.72. The number of ether oxygens (including phenoxy) is 1. The number of hydrogen-bond acceptors (Lipinski definition) is 5. The van der Waals surface area contributed by atoms with E-state index in [0.29, 0.717) is 16.8 Å². The average Bonchev–Trinajstić information content (AvgIpc) is 2.97.